The molecule has 1 amide bonds. The summed E-state index contributed by atoms with van der Waals surface area (Å²) >= 11 is 5.28. The third kappa shape index (κ3) is 4.16. The maximum Gasteiger partial charge on any atom is 0.261 e. The predicted octanol–water partition coefficient (Wildman–Crippen LogP) is 4.94. The fourth-order valence-electron chi connectivity index (χ4n) is 2.99. The van der Waals surface area contributed by atoms with E-state index >= 15 is 0 Å². The quantitative estimate of drug-likeness (QED) is 0.458. The van der Waals surface area contributed by atoms with Crippen LogP contribution in [0.1, 0.15) is 15.9 Å². The Morgan fingerprint density at radius 2 is 1.83 bits per heavy atom. The molecule has 1 heterocycles. The first-order chi connectivity index (χ1) is 14.5. The van der Waals surface area contributed by atoms with E-state index in [0.717, 1.165) is 5.56 Å². The molecule has 4 rings (SSSR count). The highest BCUT2D eigenvalue weighted by Gasteiger charge is 2.14. The van der Waals surface area contributed by atoms with Crippen molar-refractivity contribution in [2.75, 3.05) is 12.4 Å². The van der Waals surface area contributed by atoms with Gasteiger partial charge in [0.2, 0.25) is 5.89 Å². The molecule has 0 bridgehead atoms. The molecular formula is C23H19N3O3S. The number of aryl methyl sites for hydroxylation is 1. The number of thiocarbonyl (C=S) groups is 1. The van der Waals surface area contributed by atoms with Gasteiger partial charge in [0.05, 0.1) is 12.7 Å². The number of aromatic nitrogens is 1. The first kappa shape index (κ1) is 19.6. The van der Waals surface area contributed by atoms with Gasteiger partial charge >= 0.3 is 0 Å². The monoisotopic (exact) mass is 417 g/mol. The SMILES string of the molecule is COc1ccccc1C(=O)NC(=S)Nc1ccc2oc(-c3ccc(C)cc3)nc2c1. The molecule has 2 N–H and O–H groups in total. The summed E-state index contributed by atoms with van der Waals surface area (Å²) in [5, 5.41) is 5.84. The summed E-state index contributed by atoms with van der Waals surface area (Å²) in [5.74, 6) is 0.675. The van der Waals surface area contributed by atoms with Crippen molar-refractivity contribution in [1.29, 1.82) is 0 Å². The molecule has 1 aromatic heterocycles. The van der Waals surface area contributed by atoms with Gasteiger partial charge < -0.3 is 14.5 Å². The maximum absolute atomic E-state index is 12.5. The first-order valence-electron chi connectivity index (χ1n) is 9.26. The van der Waals surface area contributed by atoms with Crippen molar-refractivity contribution >= 4 is 40.0 Å². The first-order valence-corrected chi connectivity index (χ1v) is 9.67. The summed E-state index contributed by atoms with van der Waals surface area (Å²) in [6, 6.07) is 20.4. The molecule has 0 saturated heterocycles. The number of hydrogen-bond acceptors (Lipinski definition) is 5. The van der Waals surface area contributed by atoms with Crippen molar-refractivity contribution in [1.82, 2.24) is 10.3 Å². The number of oxazole rings is 1. The molecule has 0 spiro atoms. The number of hydrogen-bond donors (Lipinski definition) is 2. The van der Waals surface area contributed by atoms with Gasteiger partial charge in [-0.15, -0.1) is 0 Å². The predicted molar refractivity (Wildman–Crippen MR) is 121 cm³/mol. The highest BCUT2D eigenvalue weighted by atomic mass is 32.1. The minimum absolute atomic E-state index is 0.174. The number of carbonyl (C=O) groups excluding carboxylic acids is 1. The lowest BCUT2D eigenvalue weighted by Gasteiger charge is -2.11. The molecule has 0 unspecified atom stereocenters. The molecule has 3 aromatic carbocycles. The zero-order valence-corrected chi connectivity index (χ0v) is 17.2. The van der Waals surface area contributed by atoms with Gasteiger partial charge in [0, 0.05) is 11.3 Å². The summed E-state index contributed by atoms with van der Waals surface area (Å²) in [7, 11) is 1.51. The van der Waals surface area contributed by atoms with Gasteiger partial charge in [-0.3, -0.25) is 10.1 Å². The van der Waals surface area contributed by atoms with E-state index in [-0.39, 0.29) is 11.0 Å². The van der Waals surface area contributed by atoms with Crippen LogP contribution in [0.5, 0.6) is 5.75 Å². The Balaban J connectivity index is 1.49. The van der Waals surface area contributed by atoms with Crippen molar-refractivity contribution < 1.29 is 13.9 Å². The van der Waals surface area contributed by atoms with Gasteiger partial charge in [0.25, 0.3) is 5.91 Å². The Kier molecular flexibility index (Phi) is 5.45. The number of anilines is 1. The van der Waals surface area contributed by atoms with E-state index < -0.39 is 0 Å². The molecule has 0 fully saturated rings. The molecule has 0 aliphatic heterocycles. The second-order valence-electron chi connectivity index (χ2n) is 6.68. The van der Waals surface area contributed by atoms with Crippen molar-refractivity contribution in [2.45, 2.75) is 6.92 Å². The molecular weight excluding hydrogens is 398 g/mol. The maximum atomic E-state index is 12.5. The zero-order valence-electron chi connectivity index (χ0n) is 16.4. The Bertz CT molecular complexity index is 1230. The average molecular weight is 417 g/mol. The fraction of sp³-hybridized carbons (Fsp3) is 0.0870. The van der Waals surface area contributed by atoms with Crippen molar-refractivity contribution in [2.24, 2.45) is 0 Å². The molecule has 7 heteroatoms. The lowest BCUT2D eigenvalue weighted by molar-refractivity contribution is 0.0975. The van der Waals surface area contributed by atoms with E-state index in [9.17, 15) is 4.79 Å². The van der Waals surface area contributed by atoms with Crippen LogP contribution in [0, 0.1) is 6.92 Å². The molecule has 0 radical (unpaired) electrons. The van der Waals surface area contributed by atoms with Crippen LogP contribution in [0.2, 0.25) is 0 Å². The van der Waals surface area contributed by atoms with Crippen LogP contribution >= 0.6 is 12.2 Å². The summed E-state index contributed by atoms with van der Waals surface area (Å²) in [6.45, 7) is 2.03. The fourth-order valence-corrected chi connectivity index (χ4v) is 3.20. The normalized spacial score (nSPS) is 10.6. The number of rotatable bonds is 4. The van der Waals surface area contributed by atoms with Crippen LogP contribution in [0.3, 0.4) is 0 Å². The number of ether oxygens (including phenoxy) is 1. The van der Waals surface area contributed by atoms with Crippen LogP contribution in [-0.4, -0.2) is 23.1 Å². The molecule has 6 nitrogen and oxygen atoms in total. The molecule has 0 aliphatic rings. The van der Waals surface area contributed by atoms with Gasteiger partial charge in [-0.1, -0.05) is 29.8 Å². The number of para-hydroxylation sites is 1. The Hall–Kier alpha value is -3.71. The lowest BCUT2D eigenvalue weighted by atomic mass is 10.1. The number of carbonyl (C=O) groups is 1. The molecule has 4 aromatic rings. The highest BCUT2D eigenvalue weighted by Crippen LogP contribution is 2.26. The number of fused-ring (bicyclic) bond motifs is 1. The third-order valence-corrected chi connectivity index (χ3v) is 4.73. The number of methoxy groups -OCH3 is 1. The Morgan fingerprint density at radius 3 is 2.60 bits per heavy atom. The average Bonchev–Trinajstić information content (AvgIpc) is 3.17. The van der Waals surface area contributed by atoms with Crippen molar-refractivity contribution in [3.05, 3.63) is 77.9 Å². The van der Waals surface area contributed by atoms with Gasteiger partial charge in [-0.05, 0) is 61.6 Å². The standard InChI is InChI=1S/C23H19N3O3S/c1-14-7-9-15(10-8-14)22-25-18-13-16(11-12-20(18)29-22)24-23(30)26-21(27)17-5-3-4-6-19(17)28-2/h3-13H,1-2H3,(H2,24,26,27,30). The largest absolute Gasteiger partial charge is 0.496 e. The number of amides is 1. The van der Waals surface area contributed by atoms with Gasteiger partial charge in [-0.2, -0.15) is 0 Å². The van der Waals surface area contributed by atoms with Crippen LogP contribution in [0.25, 0.3) is 22.6 Å². The zero-order chi connectivity index (χ0) is 21.1. The number of nitrogens with zero attached hydrogens (tertiary/aromatic N) is 1. The minimum Gasteiger partial charge on any atom is -0.496 e. The van der Waals surface area contributed by atoms with E-state index in [1.807, 2.05) is 49.4 Å². The molecule has 30 heavy (non-hydrogen) atoms. The van der Waals surface area contributed by atoms with Crippen LogP contribution < -0.4 is 15.4 Å². The molecule has 0 saturated carbocycles. The van der Waals surface area contributed by atoms with Crippen molar-refractivity contribution in [3.63, 3.8) is 0 Å². The number of benzene rings is 3. The molecule has 0 aliphatic carbocycles. The summed E-state index contributed by atoms with van der Waals surface area (Å²) in [5.41, 5.74) is 4.53. The van der Waals surface area contributed by atoms with E-state index in [1.54, 1.807) is 24.3 Å². The summed E-state index contributed by atoms with van der Waals surface area (Å²) in [6.07, 6.45) is 0. The van der Waals surface area contributed by atoms with Crippen LogP contribution in [0.4, 0.5) is 5.69 Å². The second-order valence-corrected chi connectivity index (χ2v) is 7.08. The Labute approximate surface area is 178 Å². The van der Waals surface area contributed by atoms with E-state index in [0.29, 0.717) is 34.0 Å². The second kappa shape index (κ2) is 8.34. The summed E-state index contributed by atoms with van der Waals surface area (Å²) in [4.78, 5) is 17.0. The minimum atomic E-state index is -0.353. The van der Waals surface area contributed by atoms with Gasteiger partial charge in [0.1, 0.15) is 11.3 Å². The van der Waals surface area contributed by atoms with Crippen molar-refractivity contribution in [3.8, 4) is 17.2 Å². The van der Waals surface area contributed by atoms with Gasteiger partial charge in [0.15, 0.2) is 10.7 Å². The van der Waals surface area contributed by atoms with Gasteiger partial charge in [-0.25, -0.2) is 4.98 Å². The van der Waals surface area contributed by atoms with E-state index in [2.05, 4.69) is 15.6 Å². The number of nitrogens with one attached hydrogen (secondary N) is 2. The Morgan fingerprint density at radius 1 is 1.07 bits per heavy atom. The van der Waals surface area contributed by atoms with Crippen LogP contribution in [0.15, 0.2) is 71.1 Å². The van der Waals surface area contributed by atoms with E-state index in [1.165, 1.54) is 12.7 Å². The summed E-state index contributed by atoms with van der Waals surface area (Å²) < 4.78 is 11.1. The van der Waals surface area contributed by atoms with E-state index in [4.69, 9.17) is 21.4 Å². The van der Waals surface area contributed by atoms with Crippen LogP contribution in [-0.2, 0) is 0 Å². The molecule has 150 valence electrons. The topological polar surface area (TPSA) is 76.4 Å². The highest BCUT2D eigenvalue weighted by molar-refractivity contribution is 7.80. The third-order valence-electron chi connectivity index (χ3n) is 4.52. The smallest absolute Gasteiger partial charge is 0.261 e. The molecule has 0 atom stereocenters. The lowest BCUT2D eigenvalue weighted by Crippen LogP contribution is -2.34.